The van der Waals surface area contributed by atoms with Gasteiger partial charge in [-0.05, 0) is 31.2 Å². The van der Waals surface area contributed by atoms with Gasteiger partial charge in [-0.15, -0.1) is 0 Å². The number of anilines is 1. The number of nitrogens with zero attached hydrogens (tertiary/aromatic N) is 2. The molecule has 1 atom stereocenters. The molecule has 0 radical (unpaired) electrons. The summed E-state index contributed by atoms with van der Waals surface area (Å²) >= 11 is 1.93. The lowest BCUT2D eigenvalue weighted by Crippen LogP contribution is -2.32. The maximum atomic E-state index is 11.0. The van der Waals surface area contributed by atoms with Crippen LogP contribution in [0, 0.1) is 6.92 Å². The fourth-order valence-corrected chi connectivity index (χ4v) is 3.24. The van der Waals surface area contributed by atoms with Crippen molar-refractivity contribution >= 4 is 23.5 Å². The number of hydrogen-bond acceptors (Lipinski definition) is 4. The van der Waals surface area contributed by atoms with Gasteiger partial charge in [-0.2, -0.15) is 11.8 Å². The summed E-state index contributed by atoms with van der Waals surface area (Å²) in [6, 6.07) is 3.72. The van der Waals surface area contributed by atoms with Crippen LogP contribution in [0.3, 0.4) is 0 Å². The summed E-state index contributed by atoms with van der Waals surface area (Å²) in [6.45, 7) is 1.83. The lowest BCUT2D eigenvalue weighted by molar-refractivity contribution is 0.0696. The number of aryl methyl sites for hydroxylation is 1. The molecular weight excluding hydrogens is 236 g/mol. The van der Waals surface area contributed by atoms with Gasteiger partial charge in [0.25, 0.3) is 0 Å². The van der Waals surface area contributed by atoms with Crippen molar-refractivity contribution in [2.45, 2.75) is 19.4 Å². The Morgan fingerprint density at radius 2 is 2.35 bits per heavy atom. The highest BCUT2D eigenvalue weighted by atomic mass is 32.2. The molecule has 0 saturated carbocycles. The number of aromatic carboxylic acids is 1. The Balaban J connectivity index is 2.27. The van der Waals surface area contributed by atoms with E-state index >= 15 is 0 Å². The first-order valence-electron chi connectivity index (χ1n) is 5.60. The Hall–Kier alpha value is -1.23. The SMILES string of the molecule is Cc1cc(C(=O)O)cc(N(C)C2CCSC2)n1. The average molecular weight is 252 g/mol. The first kappa shape index (κ1) is 12.2. The van der Waals surface area contributed by atoms with Gasteiger partial charge in [-0.25, -0.2) is 9.78 Å². The maximum absolute atomic E-state index is 11.0. The first-order chi connectivity index (χ1) is 8.08. The Kier molecular flexibility index (Phi) is 3.57. The molecule has 1 aromatic rings. The number of rotatable bonds is 3. The first-order valence-corrected chi connectivity index (χ1v) is 6.76. The van der Waals surface area contributed by atoms with Crippen molar-refractivity contribution in [3.8, 4) is 0 Å². The Morgan fingerprint density at radius 1 is 1.59 bits per heavy atom. The molecular formula is C12H16N2O2S. The standard InChI is InChI=1S/C12H16N2O2S/c1-8-5-9(12(15)16)6-11(13-8)14(2)10-3-4-17-7-10/h5-6,10H,3-4,7H2,1-2H3,(H,15,16). The van der Waals surface area contributed by atoms with Crippen LogP contribution in [0.5, 0.6) is 0 Å². The van der Waals surface area contributed by atoms with E-state index in [4.69, 9.17) is 5.11 Å². The van der Waals surface area contributed by atoms with E-state index in [1.54, 1.807) is 12.1 Å². The molecule has 1 fully saturated rings. The third kappa shape index (κ3) is 2.72. The summed E-state index contributed by atoms with van der Waals surface area (Å²) in [6.07, 6.45) is 1.14. The van der Waals surface area contributed by atoms with Crippen LogP contribution in [0.4, 0.5) is 5.82 Å². The number of thioether (sulfide) groups is 1. The summed E-state index contributed by atoms with van der Waals surface area (Å²) in [5.74, 6) is 2.13. The van der Waals surface area contributed by atoms with Gasteiger partial charge >= 0.3 is 5.97 Å². The number of carboxylic acids is 1. The molecule has 4 nitrogen and oxygen atoms in total. The molecule has 92 valence electrons. The zero-order valence-corrected chi connectivity index (χ0v) is 10.8. The van der Waals surface area contributed by atoms with Crippen molar-refractivity contribution in [2.24, 2.45) is 0 Å². The van der Waals surface area contributed by atoms with E-state index in [2.05, 4.69) is 9.88 Å². The third-order valence-corrected chi connectivity index (χ3v) is 4.15. The van der Waals surface area contributed by atoms with Crippen LogP contribution in [0.1, 0.15) is 22.5 Å². The molecule has 0 spiro atoms. The molecule has 2 rings (SSSR count). The lowest BCUT2D eigenvalue weighted by atomic mass is 10.2. The fourth-order valence-electron chi connectivity index (χ4n) is 1.97. The molecule has 1 aliphatic heterocycles. The fraction of sp³-hybridized carbons (Fsp3) is 0.500. The summed E-state index contributed by atoms with van der Waals surface area (Å²) in [5, 5.41) is 9.03. The van der Waals surface area contributed by atoms with Gasteiger partial charge in [-0.3, -0.25) is 0 Å². The van der Waals surface area contributed by atoms with E-state index in [0.29, 0.717) is 11.6 Å². The average Bonchev–Trinajstić information content (AvgIpc) is 2.80. The largest absolute Gasteiger partial charge is 0.478 e. The van der Waals surface area contributed by atoms with Crippen molar-refractivity contribution in [3.63, 3.8) is 0 Å². The number of hydrogen-bond donors (Lipinski definition) is 1. The summed E-state index contributed by atoms with van der Waals surface area (Å²) in [7, 11) is 1.99. The maximum Gasteiger partial charge on any atom is 0.335 e. The van der Waals surface area contributed by atoms with Crippen LogP contribution in [0.15, 0.2) is 12.1 Å². The summed E-state index contributed by atoms with van der Waals surface area (Å²) in [4.78, 5) is 17.5. The van der Waals surface area contributed by atoms with Crippen molar-refractivity contribution in [3.05, 3.63) is 23.4 Å². The Labute approximate surface area is 105 Å². The molecule has 1 aliphatic rings. The Morgan fingerprint density at radius 3 is 2.94 bits per heavy atom. The molecule has 1 saturated heterocycles. The van der Waals surface area contributed by atoms with E-state index in [9.17, 15) is 4.79 Å². The normalized spacial score (nSPS) is 19.3. The van der Waals surface area contributed by atoms with Gasteiger partial charge in [0.2, 0.25) is 0 Å². The van der Waals surface area contributed by atoms with Crippen molar-refractivity contribution in [2.75, 3.05) is 23.5 Å². The molecule has 1 N–H and O–H groups in total. The van der Waals surface area contributed by atoms with Gasteiger partial charge in [0.05, 0.1) is 5.56 Å². The number of pyridine rings is 1. The van der Waals surface area contributed by atoms with E-state index in [0.717, 1.165) is 23.7 Å². The molecule has 0 aliphatic carbocycles. The second-order valence-electron chi connectivity index (χ2n) is 4.29. The Bertz CT molecular complexity index is 431. The predicted molar refractivity (Wildman–Crippen MR) is 70.1 cm³/mol. The van der Waals surface area contributed by atoms with E-state index in [-0.39, 0.29) is 0 Å². The van der Waals surface area contributed by atoms with Crippen molar-refractivity contribution in [1.29, 1.82) is 0 Å². The molecule has 0 amide bonds. The summed E-state index contributed by atoms with van der Waals surface area (Å²) in [5.41, 5.74) is 1.06. The second kappa shape index (κ2) is 4.96. The van der Waals surface area contributed by atoms with Gasteiger partial charge in [0.15, 0.2) is 0 Å². The molecule has 0 aromatic carbocycles. The predicted octanol–water partition coefficient (Wildman–Crippen LogP) is 2.03. The van der Waals surface area contributed by atoms with E-state index < -0.39 is 5.97 Å². The zero-order valence-electron chi connectivity index (χ0n) is 10.0. The second-order valence-corrected chi connectivity index (χ2v) is 5.44. The molecule has 17 heavy (non-hydrogen) atoms. The monoisotopic (exact) mass is 252 g/mol. The van der Waals surface area contributed by atoms with Crippen LogP contribution in [-0.4, -0.2) is 40.7 Å². The highest BCUT2D eigenvalue weighted by Crippen LogP contribution is 2.25. The highest BCUT2D eigenvalue weighted by Gasteiger charge is 2.22. The minimum absolute atomic E-state index is 0.310. The molecule has 1 aromatic heterocycles. The molecule has 0 bridgehead atoms. The lowest BCUT2D eigenvalue weighted by Gasteiger charge is -2.25. The molecule has 1 unspecified atom stereocenters. The van der Waals surface area contributed by atoms with Gasteiger partial charge in [0, 0.05) is 24.5 Å². The number of carboxylic acid groups (broad SMARTS) is 1. The van der Waals surface area contributed by atoms with Crippen LogP contribution < -0.4 is 4.90 Å². The number of carbonyl (C=O) groups is 1. The van der Waals surface area contributed by atoms with E-state index in [1.165, 1.54) is 5.75 Å². The van der Waals surface area contributed by atoms with Crippen LogP contribution in [0.25, 0.3) is 0 Å². The smallest absolute Gasteiger partial charge is 0.335 e. The highest BCUT2D eigenvalue weighted by molar-refractivity contribution is 7.99. The minimum Gasteiger partial charge on any atom is -0.478 e. The van der Waals surface area contributed by atoms with Crippen LogP contribution >= 0.6 is 11.8 Å². The molecule has 2 heterocycles. The minimum atomic E-state index is -0.897. The van der Waals surface area contributed by atoms with Crippen LogP contribution in [0.2, 0.25) is 0 Å². The topological polar surface area (TPSA) is 53.4 Å². The van der Waals surface area contributed by atoms with E-state index in [1.807, 2.05) is 25.7 Å². The van der Waals surface area contributed by atoms with Gasteiger partial charge in [0.1, 0.15) is 5.82 Å². The van der Waals surface area contributed by atoms with Gasteiger partial charge < -0.3 is 10.0 Å². The molecule has 5 heteroatoms. The van der Waals surface area contributed by atoms with Crippen molar-refractivity contribution < 1.29 is 9.90 Å². The third-order valence-electron chi connectivity index (χ3n) is 3.00. The van der Waals surface area contributed by atoms with Gasteiger partial charge in [-0.1, -0.05) is 0 Å². The quantitative estimate of drug-likeness (QED) is 0.892. The summed E-state index contributed by atoms with van der Waals surface area (Å²) < 4.78 is 0. The van der Waals surface area contributed by atoms with Crippen LogP contribution in [-0.2, 0) is 0 Å². The number of aromatic nitrogens is 1. The zero-order chi connectivity index (χ0) is 12.4. The van der Waals surface area contributed by atoms with Crippen molar-refractivity contribution in [1.82, 2.24) is 4.98 Å².